The first kappa shape index (κ1) is 33.3. The summed E-state index contributed by atoms with van der Waals surface area (Å²) in [7, 11) is -4.17. The number of hydrogen-bond donors (Lipinski definition) is 4. The summed E-state index contributed by atoms with van der Waals surface area (Å²) in [6.45, 7) is 5.15. The van der Waals surface area contributed by atoms with Crippen LogP contribution >= 0.6 is 0 Å². The van der Waals surface area contributed by atoms with Crippen molar-refractivity contribution in [3.05, 3.63) is 53.2 Å². The van der Waals surface area contributed by atoms with Crippen LogP contribution in [0.5, 0.6) is 0 Å². The highest BCUT2D eigenvalue weighted by molar-refractivity contribution is 7.89. The molecule has 1 aromatic carbocycles. The average molecular weight is 630 g/mol. The third-order valence-corrected chi connectivity index (χ3v) is 10.0. The van der Waals surface area contributed by atoms with Gasteiger partial charge in [0.15, 0.2) is 0 Å². The Bertz CT molecular complexity index is 1410. The van der Waals surface area contributed by atoms with Crippen LogP contribution in [0.15, 0.2) is 41.4 Å². The van der Waals surface area contributed by atoms with E-state index in [2.05, 4.69) is 20.3 Å². The van der Waals surface area contributed by atoms with Gasteiger partial charge in [0, 0.05) is 32.3 Å². The van der Waals surface area contributed by atoms with Gasteiger partial charge in [0.05, 0.1) is 17.0 Å². The van der Waals surface area contributed by atoms with Crippen LogP contribution in [-0.2, 0) is 29.1 Å². The van der Waals surface area contributed by atoms with E-state index >= 15 is 0 Å². The lowest BCUT2D eigenvalue weighted by Gasteiger charge is -2.26. The predicted molar refractivity (Wildman–Crippen MR) is 165 cm³/mol. The number of benzene rings is 1. The van der Waals surface area contributed by atoms with E-state index in [0.717, 1.165) is 31.2 Å². The molecule has 3 unspecified atom stereocenters. The van der Waals surface area contributed by atoms with Crippen molar-refractivity contribution >= 4 is 33.6 Å². The van der Waals surface area contributed by atoms with Gasteiger partial charge in [-0.1, -0.05) is 36.6 Å². The van der Waals surface area contributed by atoms with Gasteiger partial charge in [-0.2, -0.15) is 4.72 Å². The van der Waals surface area contributed by atoms with Crippen molar-refractivity contribution in [2.24, 2.45) is 5.92 Å². The fourth-order valence-corrected chi connectivity index (χ4v) is 7.88. The summed E-state index contributed by atoms with van der Waals surface area (Å²) in [5, 5.41) is 15.4. The van der Waals surface area contributed by atoms with Gasteiger partial charge in [0.2, 0.25) is 21.8 Å². The number of aliphatic carboxylic acids is 1. The van der Waals surface area contributed by atoms with Crippen LogP contribution in [0.3, 0.4) is 0 Å². The number of sulfonamides is 1. The highest BCUT2D eigenvalue weighted by atomic mass is 32.2. The van der Waals surface area contributed by atoms with Crippen molar-refractivity contribution in [3.63, 3.8) is 0 Å². The van der Waals surface area contributed by atoms with E-state index in [1.165, 1.54) is 0 Å². The molecule has 12 nitrogen and oxygen atoms in total. The van der Waals surface area contributed by atoms with Crippen LogP contribution < -0.4 is 15.4 Å². The van der Waals surface area contributed by atoms with Gasteiger partial charge in [-0.3, -0.25) is 14.4 Å². The quantitative estimate of drug-likeness (QED) is 0.246. The molecule has 1 saturated carbocycles. The molecule has 0 bridgehead atoms. The van der Waals surface area contributed by atoms with Crippen molar-refractivity contribution in [2.75, 3.05) is 31.6 Å². The van der Waals surface area contributed by atoms with Gasteiger partial charge in [0.25, 0.3) is 0 Å². The Morgan fingerprint density at radius 1 is 1.11 bits per heavy atom. The molecule has 1 aliphatic carbocycles. The van der Waals surface area contributed by atoms with Gasteiger partial charge in [-0.05, 0) is 69.2 Å². The van der Waals surface area contributed by atoms with Crippen LogP contribution in [0.25, 0.3) is 0 Å². The summed E-state index contributed by atoms with van der Waals surface area (Å²) in [4.78, 5) is 43.9. The maximum atomic E-state index is 13.3. The van der Waals surface area contributed by atoms with E-state index in [0.29, 0.717) is 48.8 Å². The molecule has 4 N–H and O–H groups in total. The molecule has 0 radical (unpaired) electrons. The van der Waals surface area contributed by atoms with Crippen molar-refractivity contribution in [2.45, 2.75) is 82.4 Å². The smallest absolute Gasteiger partial charge is 0.323 e. The lowest BCUT2D eigenvalue weighted by Crippen LogP contribution is -2.49. The van der Waals surface area contributed by atoms with Crippen molar-refractivity contribution in [1.82, 2.24) is 19.9 Å². The second kappa shape index (κ2) is 15.0. The molecule has 2 heterocycles. The van der Waals surface area contributed by atoms with Gasteiger partial charge < -0.3 is 25.4 Å². The lowest BCUT2D eigenvalue weighted by molar-refractivity contribution is -0.139. The predicted octanol–water partition coefficient (Wildman–Crippen LogP) is 2.53. The monoisotopic (exact) mass is 629 g/mol. The number of pyridine rings is 1. The van der Waals surface area contributed by atoms with E-state index < -0.39 is 34.5 Å². The number of aromatic nitrogens is 1. The number of carboxylic acids is 1. The Kier molecular flexibility index (Phi) is 11.3. The first-order valence-electron chi connectivity index (χ1n) is 15.1. The number of carboxylic acid groups (broad SMARTS) is 1. The molecule has 4 rings (SSSR count). The molecule has 2 aromatic rings. The molecular weight excluding hydrogens is 586 g/mol. The molecule has 44 heavy (non-hydrogen) atoms. The second-order valence-corrected chi connectivity index (χ2v) is 13.5. The number of ether oxygens (including phenoxy) is 1. The summed E-state index contributed by atoms with van der Waals surface area (Å²) in [6.07, 6.45) is 6.76. The molecule has 0 spiro atoms. The Labute approximate surface area is 259 Å². The first-order chi connectivity index (χ1) is 20.9. The van der Waals surface area contributed by atoms with E-state index in [4.69, 9.17) is 4.74 Å². The first-order valence-corrected chi connectivity index (χ1v) is 16.6. The Morgan fingerprint density at radius 2 is 1.82 bits per heavy atom. The van der Waals surface area contributed by atoms with Gasteiger partial charge >= 0.3 is 5.97 Å². The molecular formula is C31H43N5O7S. The minimum absolute atomic E-state index is 0.0179. The number of hydrogen-bond acceptors (Lipinski definition) is 8. The average Bonchev–Trinajstić information content (AvgIpc) is 3.62. The van der Waals surface area contributed by atoms with Gasteiger partial charge in [-0.25, -0.2) is 13.4 Å². The number of nitrogens with zero attached hydrogens (tertiary/aromatic N) is 2. The Hall–Kier alpha value is -3.55. The van der Waals surface area contributed by atoms with Gasteiger partial charge in [0.1, 0.15) is 18.5 Å². The third kappa shape index (κ3) is 8.99. The van der Waals surface area contributed by atoms with Crippen LogP contribution in [0.2, 0.25) is 0 Å². The molecule has 2 amide bonds. The molecule has 1 aliphatic heterocycles. The van der Waals surface area contributed by atoms with E-state index in [9.17, 15) is 27.9 Å². The number of carbonyl (C=O) groups excluding carboxylic acids is 2. The summed E-state index contributed by atoms with van der Waals surface area (Å²) < 4.78 is 34.2. The largest absolute Gasteiger partial charge is 0.480 e. The Morgan fingerprint density at radius 3 is 2.45 bits per heavy atom. The number of carbonyl (C=O) groups is 3. The second-order valence-electron chi connectivity index (χ2n) is 11.9. The fraction of sp³-hybridized carbons (Fsp3) is 0.548. The summed E-state index contributed by atoms with van der Waals surface area (Å²) in [5.41, 5.74) is 1.88. The van der Waals surface area contributed by atoms with E-state index in [1.807, 2.05) is 30.0 Å². The highest BCUT2D eigenvalue weighted by Crippen LogP contribution is 2.30. The van der Waals surface area contributed by atoms with Crippen LogP contribution in [0, 0.1) is 26.7 Å². The summed E-state index contributed by atoms with van der Waals surface area (Å²) >= 11 is 0. The fourth-order valence-electron chi connectivity index (χ4n) is 6.24. The molecule has 3 atom stereocenters. The summed E-state index contributed by atoms with van der Waals surface area (Å²) in [5.74, 6) is -0.826. The zero-order valence-corrected chi connectivity index (χ0v) is 26.4. The maximum absolute atomic E-state index is 13.3. The number of nitrogens with one attached hydrogen (secondary N) is 3. The number of anilines is 1. The zero-order valence-electron chi connectivity index (χ0n) is 25.5. The molecule has 240 valence electrons. The normalized spacial score (nSPS) is 19.6. The van der Waals surface area contributed by atoms with E-state index in [-0.39, 0.29) is 29.6 Å². The third-order valence-electron chi connectivity index (χ3n) is 8.24. The van der Waals surface area contributed by atoms with Crippen LogP contribution in [0.1, 0.15) is 55.2 Å². The molecule has 1 aromatic heterocycles. The molecule has 1 saturated heterocycles. The number of aryl methyl sites for hydroxylation is 3. The number of rotatable bonds is 14. The molecule has 2 aliphatic rings. The van der Waals surface area contributed by atoms with Crippen molar-refractivity contribution in [1.29, 1.82) is 0 Å². The van der Waals surface area contributed by atoms with Gasteiger partial charge in [-0.15, -0.1) is 0 Å². The SMILES string of the molecule is Cc1cc(C)c(S(=O)(=O)NC(CNC(=O)COC2CC(CNc3ccccn3)N(C(=O)CC3CCCC3)C2)C(=O)O)c(C)c1. The lowest BCUT2D eigenvalue weighted by atomic mass is 10.0. The van der Waals surface area contributed by atoms with E-state index in [1.54, 1.807) is 32.2 Å². The van der Waals surface area contributed by atoms with Crippen molar-refractivity contribution < 1.29 is 32.6 Å². The minimum atomic E-state index is -4.17. The Balaban J connectivity index is 1.31. The number of likely N-dealkylation sites (tertiary alicyclic amines) is 1. The highest BCUT2D eigenvalue weighted by Gasteiger charge is 2.37. The molecule has 13 heteroatoms. The standard InChI is InChI=1S/C31H43N5O7S/c1-20-12-21(2)30(22(3)13-20)44(41,42)35-26(31(39)40)17-34-28(37)19-43-25-15-24(16-33-27-10-6-7-11-32-27)36(18-25)29(38)14-23-8-4-5-9-23/h6-7,10-13,23-26,35H,4-5,8-9,14-19H2,1-3H3,(H,32,33)(H,34,37)(H,39,40). The minimum Gasteiger partial charge on any atom is -0.480 e. The summed E-state index contributed by atoms with van der Waals surface area (Å²) in [6, 6.07) is 7.25. The zero-order chi connectivity index (χ0) is 31.9. The maximum Gasteiger partial charge on any atom is 0.323 e. The molecule has 2 fully saturated rings. The van der Waals surface area contributed by atoms with Crippen LogP contribution in [-0.4, -0.2) is 85.6 Å². The number of amides is 2. The topological polar surface area (TPSA) is 167 Å². The van der Waals surface area contributed by atoms with Crippen molar-refractivity contribution in [3.8, 4) is 0 Å². The van der Waals surface area contributed by atoms with Crippen LogP contribution in [0.4, 0.5) is 5.82 Å².